The van der Waals surface area contributed by atoms with Gasteiger partial charge >= 0.3 is 0 Å². The summed E-state index contributed by atoms with van der Waals surface area (Å²) in [6.45, 7) is 2.08. The second kappa shape index (κ2) is 14.4. The molecule has 0 spiro atoms. The number of nitrogens with one attached hydrogen (secondary N) is 2. The van der Waals surface area contributed by atoms with Gasteiger partial charge in [0.05, 0.1) is 12.7 Å². The Kier molecular flexibility index (Phi) is 8.90. The Morgan fingerprint density at radius 1 is 0.741 bits per heavy atom. The molecule has 0 radical (unpaired) electrons. The molecule has 54 heavy (non-hydrogen) atoms. The fourth-order valence-corrected chi connectivity index (χ4v) is 7.83. The van der Waals surface area contributed by atoms with Gasteiger partial charge in [-0.2, -0.15) is 5.10 Å². The summed E-state index contributed by atoms with van der Waals surface area (Å²) in [6, 6.07) is 50.2. The van der Waals surface area contributed by atoms with Crippen LogP contribution in [-0.2, 0) is 18.6 Å². The van der Waals surface area contributed by atoms with E-state index in [0.29, 0.717) is 18.7 Å². The minimum atomic E-state index is -0.866. The third kappa shape index (κ3) is 6.18. The van der Waals surface area contributed by atoms with E-state index in [1.165, 1.54) is 0 Å². The van der Waals surface area contributed by atoms with Gasteiger partial charge in [0, 0.05) is 25.7 Å². The van der Waals surface area contributed by atoms with Gasteiger partial charge in [-0.05, 0) is 82.2 Å². The van der Waals surface area contributed by atoms with E-state index in [9.17, 15) is 0 Å². The van der Waals surface area contributed by atoms with Crippen molar-refractivity contribution < 1.29 is 4.74 Å². The van der Waals surface area contributed by atoms with Crippen molar-refractivity contribution in [2.45, 2.75) is 31.0 Å². The molecule has 8 aromatic rings. The Morgan fingerprint density at radius 3 is 2.02 bits per heavy atom. The zero-order valence-electron chi connectivity index (χ0n) is 30.0. The number of hydrogen-bond donors (Lipinski definition) is 2. The van der Waals surface area contributed by atoms with Crippen LogP contribution in [0.5, 0.6) is 11.5 Å². The van der Waals surface area contributed by atoms with Crippen LogP contribution in [0.1, 0.15) is 51.3 Å². The van der Waals surface area contributed by atoms with Crippen molar-refractivity contribution in [1.82, 2.24) is 35.1 Å². The lowest BCUT2D eigenvalue weighted by atomic mass is 9.77. The van der Waals surface area contributed by atoms with E-state index >= 15 is 0 Å². The highest BCUT2D eigenvalue weighted by Gasteiger charge is 2.42. The normalized spacial score (nSPS) is 14.7. The molecular weight excluding hydrogens is 669 g/mol. The van der Waals surface area contributed by atoms with E-state index < -0.39 is 5.54 Å². The fourth-order valence-electron chi connectivity index (χ4n) is 7.83. The monoisotopic (exact) mass is 708 g/mol. The molecule has 0 saturated heterocycles. The Morgan fingerprint density at radius 2 is 1.37 bits per heavy atom. The van der Waals surface area contributed by atoms with E-state index in [-0.39, 0.29) is 5.92 Å². The van der Waals surface area contributed by atoms with Gasteiger partial charge in [0.25, 0.3) is 0 Å². The average Bonchev–Trinajstić information content (AvgIpc) is 3.87. The Hall–Kier alpha value is -6.58. The Labute approximate surface area is 314 Å². The zero-order valence-corrected chi connectivity index (χ0v) is 30.0. The number of pyridine rings is 1. The van der Waals surface area contributed by atoms with E-state index in [0.717, 1.165) is 74.7 Å². The number of anilines is 1. The van der Waals surface area contributed by atoms with Crippen LogP contribution in [-0.4, -0.2) is 43.4 Å². The lowest BCUT2D eigenvalue weighted by molar-refractivity contribution is 0.458. The molecule has 1 aliphatic rings. The van der Waals surface area contributed by atoms with Crippen LogP contribution < -0.4 is 15.4 Å². The number of ether oxygens (including phenoxy) is 1. The number of rotatable bonds is 6. The molecule has 9 nitrogen and oxygen atoms in total. The smallest absolute Gasteiger partial charge is 0.182 e. The van der Waals surface area contributed by atoms with Crippen LogP contribution in [0, 0.1) is 0 Å². The Balaban J connectivity index is 1.22. The molecule has 266 valence electrons. The highest BCUT2D eigenvalue weighted by atomic mass is 16.5. The lowest BCUT2D eigenvalue weighted by Crippen LogP contribution is -2.39. The molecule has 9 heteroatoms. The second-order valence-electron chi connectivity index (χ2n) is 13.7. The molecule has 2 N–H and O–H groups in total. The topological polar surface area (TPSA) is 94.7 Å². The van der Waals surface area contributed by atoms with Gasteiger partial charge in [-0.15, -0.1) is 5.10 Å². The maximum absolute atomic E-state index is 6.26. The predicted molar refractivity (Wildman–Crippen MR) is 212 cm³/mol. The molecule has 0 aliphatic carbocycles. The van der Waals surface area contributed by atoms with Gasteiger partial charge in [-0.3, -0.25) is 4.68 Å². The van der Waals surface area contributed by atoms with Gasteiger partial charge < -0.3 is 15.4 Å². The predicted octanol–water partition coefficient (Wildman–Crippen LogP) is 8.37. The van der Waals surface area contributed by atoms with Crippen LogP contribution in [0.25, 0.3) is 11.2 Å². The highest BCUT2D eigenvalue weighted by Crippen LogP contribution is 2.43. The maximum Gasteiger partial charge on any atom is 0.182 e. The lowest BCUT2D eigenvalue weighted by Gasteiger charge is -2.36. The van der Waals surface area contributed by atoms with E-state index in [1.807, 2.05) is 65.1 Å². The minimum Gasteiger partial charge on any atom is -0.457 e. The summed E-state index contributed by atoms with van der Waals surface area (Å²) in [5.41, 5.74) is 8.15. The van der Waals surface area contributed by atoms with Crippen LogP contribution in [0.2, 0.25) is 0 Å². The van der Waals surface area contributed by atoms with Crippen LogP contribution in [0.4, 0.5) is 5.82 Å². The summed E-state index contributed by atoms with van der Waals surface area (Å²) in [5, 5.41) is 22.0. The van der Waals surface area contributed by atoms with Crippen molar-refractivity contribution in [1.29, 1.82) is 0 Å². The molecular formula is C45H40N8O. The van der Waals surface area contributed by atoms with E-state index in [4.69, 9.17) is 25.1 Å². The average molecular weight is 709 g/mol. The number of hydrogen-bond acceptors (Lipinski definition) is 7. The first-order chi connectivity index (χ1) is 26.7. The molecule has 6 bridgehead atoms. The van der Waals surface area contributed by atoms with Crippen LogP contribution >= 0.6 is 0 Å². The molecule has 0 fully saturated rings. The first-order valence-corrected chi connectivity index (χ1v) is 18.4. The molecule has 5 aromatic carbocycles. The van der Waals surface area contributed by atoms with E-state index in [2.05, 4.69) is 120 Å². The van der Waals surface area contributed by atoms with Crippen molar-refractivity contribution in [3.05, 3.63) is 197 Å². The fraction of sp³-hybridized carbons (Fsp3) is 0.156. The summed E-state index contributed by atoms with van der Waals surface area (Å²) < 4.78 is 10.3. The number of nitrogens with zero attached hydrogens (tertiary/aromatic N) is 6. The summed E-state index contributed by atoms with van der Waals surface area (Å²) in [7, 11) is 1.91. The molecule has 9 rings (SSSR count). The highest BCUT2D eigenvalue weighted by molar-refractivity contribution is 5.79. The summed E-state index contributed by atoms with van der Waals surface area (Å²) in [5.74, 6) is 2.30. The van der Waals surface area contributed by atoms with Crippen LogP contribution in [0.15, 0.2) is 158 Å². The summed E-state index contributed by atoms with van der Waals surface area (Å²) in [6.07, 6.45) is 4.95. The largest absolute Gasteiger partial charge is 0.457 e. The molecule has 4 heterocycles. The third-order valence-corrected chi connectivity index (χ3v) is 10.3. The maximum atomic E-state index is 6.26. The molecule has 1 unspecified atom stereocenters. The van der Waals surface area contributed by atoms with Gasteiger partial charge in [0.1, 0.15) is 28.4 Å². The quantitative estimate of drug-likeness (QED) is 0.168. The molecule has 0 amide bonds. The van der Waals surface area contributed by atoms with Gasteiger partial charge in [-0.25, -0.2) is 9.67 Å². The van der Waals surface area contributed by atoms with Gasteiger partial charge in [-0.1, -0.05) is 120 Å². The third-order valence-electron chi connectivity index (χ3n) is 10.3. The van der Waals surface area contributed by atoms with Crippen molar-refractivity contribution in [2.24, 2.45) is 0 Å². The SMILES string of the molecule is CNc1cc(C2CCNCc3cccc(c3)Oc3cccc(c3)Cn3cc2cn3)c2nnn(C(c3ccccc3)(c3ccccc3)c3ccccc3)c2n1. The standard InChI is InChI=1S/C45H40N8O/c1-46-42-27-41(40-23-24-47-28-32-13-11-21-38(25-32)54-39-22-12-14-33(26-39)30-52-31-34(40)29-48-52)43-44(49-42)53(51-50-43)45(35-15-5-2-6-16-35,36-17-7-3-8-18-36)37-19-9-4-10-20-37/h2-22,25-27,29,31,40,47H,23-24,28,30H2,1H3,(H,46,49). The molecule has 1 atom stereocenters. The van der Waals surface area contributed by atoms with Crippen molar-refractivity contribution >= 4 is 17.0 Å². The number of fused-ring (bicyclic) bond motifs is 7. The summed E-state index contributed by atoms with van der Waals surface area (Å²) in [4.78, 5) is 5.22. The van der Waals surface area contributed by atoms with Gasteiger partial charge in [0.2, 0.25) is 0 Å². The number of benzene rings is 5. The first-order valence-electron chi connectivity index (χ1n) is 18.4. The minimum absolute atomic E-state index is 0.0533. The van der Waals surface area contributed by atoms with Crippen LogP contribution in [0.3, 0.4) is 0 Å². The van der Waals surface area contributed by atoms with E-state index in [1.54, 1.807) is 0 Å². The first kappa shape index (κ1) is 33.3. The summed E-state index contributed by atoms with van der Waals surface area (Å²) >= 11 is 0. The van der Waals surface area contributed by atoms with Crippen molar-refractivity contribution in [3.8, 4) is 11.5 Å². The number of aromatic nitrogens is 6. The second-order valence-corrected chi connectivity index (χ2v) is 13.7. The zero-order chi connectivity index (χ0) is 36.3. The van der Waals surface area contributed by atoms with Gasteiger partial charge in [0.15, 0.2) is 5.65 Å². The molecule has 1 aliphatic heterocycles. The van der Waals surface area contributed by atoms with Crippen molar-refractivity contribution in [2.75, 3.05) is 18.9 Å². The Bertz CT molecular complexity index is 2420. The molecule has 3 aromatic heterocycles. The van der Waals surface area contributed by atoms with Crippen molar-refractivity contribution in [3.63, 3.8) is 0 Å². The molecule has 0 saturated carbocycles.